The molecule has 128 valence electrons. The number of aromatic nitrogens is 2. The fraction of sp³-hybridized carbons (Fsp3) is 0.316. The van der Waals surface area contributed by atoms with Gasteiger partial charge in [-0.3, -0.25) is 14.2 Å². The first-order chi connectivity index (χ1) is 12.2. The molecular formula is C19H18N2O3S. The zero-order valence-electron chi connectivity index (χ0n) is 13.9. The van der Waals surface area contributed by atoms with E-state index in [0.29, 0.717) is 35.6 Å². The number of fused-ring (bicyclic) bond motifs is 2. The summed E-state index contributed by atoms with van der Waals surface area (Å²) >= 11 is 1.45. The molecule has 0 radical (unpaired) electrons. The molecule has 1 aliphatic heterocycles. The zero-order chi connectivity index (χ0) is 17.4. The highest BCUT2D eigenvalue weighted by atomic mass is 32.1. The standard InChI is InChI=1S/C19H18N2O3S/c1-2-24-19(23)13-9-6-10-21-16(13)20-17-15(18(21)22)14(11-25-17)12-7-4-3-5-8-12/h3-5,7-8,11,13H,2,6,9-10H2,1H3. The highest BCUT2D eigenvalue weighted by Gasteiger charge is 2.31. The van der Waals surface area contributed by atoms with Gasteiger partial charge in [0, 0.05) is 17.5 Å². The lowest BCUT2D eigenvalue weighted by atomic mass is 9.98. The van der Waals surface area contributed by atoms with Gasteiger partial charge in [0.05, 0.1) is 12.0 Å². The van der Waals surface area contributed by atoms with Gasteiger partial charge in [-0.05, 0) is 25.3 Å². The van der Waals surface area contributed by atoms with Crippen molar-refractivity contribution in [1.29, 1.82) is 0 Å². The smallest absolute Gasteiger partial charge is 0.316 e. The molecular weight excluding hydrogens is 336 g/mol. The highest BCUT2D eigenvalue weighted by molar-refractivity contribution is 7.17. The average Bonchev–Trinajstić information content (AvgIpc) is 3.07. The number of hydrogen-bond acceptors (Lipinski definition) is 5. The van der Waals surface area contributed by atoms with Crippen LogP contribution in [0.2, 0.25) is 0 Å². The number of ether oxygens (including phenoxy) is 1. The Bertz CT molecular complexity index is 991. The molecule has 5 nitrogen and oxygen atoms in total. The third kappa shape index (κ3) is 2.66. The van der Waals surface area contributed by atoms with Gasteiger partial charge in [0.2, 0.25) is 0 Å². The molecule has 0 bridgehead atoms. The number of rotatable bonds is 3. The Balaban J connectivity index is 1.90. The summed E-state index contributed by atoms with van der Waals surface area (Å²) in [5, 5.41) is 2.62. The van der Waals surface area contributed by atoms with Crippen LogP contribution in [-0.4, -0.2) is 22.1 Å². The molecule has 1 aliphatic rings. The number of carbonyl (C=O) groups excluding carboxylic acids is 1. The maximum absolute atomic E-state index is 13.1. The SMILES string of the molecule is CCOC(=O)C1CCCn2c1nc1scc(-c3ccccc3)c1c2=O. The van der Waals surface area contributed by atoms with Crippen LogP contribution in [0.15, 0.2) is 40.5 Å². The molecule has 0 saturated carbocycles. The summed E-state index contributed by atoms with van der Waals surface area (Å²) in [7, 11) is 0. The minimum atomic E-state index is -0.451. The predicted molar refractivity (Wildman–Crippen MR) is 97.9 cm³/mol. The van der Waals surface area contributed by atoms with E-state index < -0.39 is 5.92 Å². The lowest BCUT2D eigenvalue weighted by Gasteiger charge is -2.24. The molecule has 6 heteroatoms. The Hall–Kier alpha value is -2.47. The number of nitrogens with zero attached hydrogens (tertiary/aromatic N) is 2. The fourth-order valence-electron chi connectivity index (χ4n) is 3.40. The second-order valence-electron chi connectivity index (χ2n) is 6.07. The maximum atomic E-state index is 13.1. The fourth-order valence-corrected chi connectivity index (χ4v) is 4.35. The quantitative estimate of drug-likeness (QED) is 0.675. The van der Waals surface area contributed by atoms with Crippen LogP contribution in [-0.2, 0) is 16.1 Å². The van der Waals surface area contributed by atoms with Crippen molar-refractivity contribution in [1.82, 2.24) is 9.55 Å². The highest BCUT2D eigenvalue weighted by Crippen LogP contribution is 2.33. The van der Waals surface area contributed by atoms with Crippen LogP contribution in [0.1, 0.15) is 31.5 Å². The Labute approximate surface area is 148 Å². The van der Waals surface area contributed by atoms with Gasteiger partial charge in [-0.25, -0.2) is 4.98 Å². The zero-order valence-corrected chi connectivity index (χ0v) is 14.7. The summed E-state index contributed by atoms with van der Waals surface area (Å²) in [6.07, 6.45) is 1.45. The molecule has 4 rings (SSSR count). The summed E-state index contributed by atoms with van der Waals surface area (Å²) in [6.45, 7) is 2.71. The minimum absolute atomic E-state index is 0.0610. The van der Waals surface area contributed by atoms with Crippen molar-refractivity contribution in [3.8, 4) is 11.1 Å². The van der Waals surface area contributed by atoms with E-state index in [-0.39, 0.29) is 11.5 Å². The van der Waals surface area contributed by atoms with Crippen molar-refractivity contribution in [3.63, 3.8) is 0 Å². The number of hydrogen-bond donors (Lipinski definition) is 0. The molecule has 0 aliphatic carbocycles. The van der Waals surface area contributed by atoms with Gasteiger partial charge < -0.3 is 4.74 Å². The van der Waals surface area contributed by atoms with E-state index in [1.54, 1.807) is 11.5 Å². The molecule has 1 aromatic carbocycles. The predicted octanol–water partition coefficient (Wildman–Crippen LogP) is 3.57. The molecule has 0 fully saturated rings. The van der Waals surface area contributed by atoms with Gasteiger partial charge >= 0.3 is 5.97 Å². The van der Waals surface area contributed by atoms with Crippen LogP contribution in [0.4, 0.5) is 0 Å². The van der Waals surface area contributed by atoms with Crippen molar-refractivity contribution in [2.45, 2.75) is 32.2 Å². The first-order valence-electron chi connectivity index (χ1n) is 8.44. The van der Waals surface area contributed by atoms with Gasteiger partial charge in [-0.15, -0.1) is 11.3 Å². The van der Waals surface area contributed by atoms with Crippen molar-refractivity contribution < 1.29 is 9.53 Å². The van der Waals surface area contributed by atoms with E-state index in [0.717, 1.165) is 17.5 Å². The van der Waals surface area contributed by atoms with Crippen LogP contribution in [0.5, 0.6) is 0 Å². The summed E-state index contributed by atoms with van der Waals surface area (Å²) in [4.78, 5) is 30.8. The largest absolute Gasteiger partial charge is 0.465 e. The van der Waals surface area contributed by atoms with Gasteiger partial charge in [0.25, 0.3) is 5.56 Å². The molecule has 0 N–H and O–H groups in total. The van der Waals surface area contributed by atoms with Crippen LogP contribution in [0.3, 0.4) is 0 Å². The van der Waals surface area contributed by atoms with E-state index in [1.165, 1.54) is 11.3 Å². The summed E-state index contributed by atoms with van der Waals surface area (Å²) in [5.41, 5.74) is 1.85. The molecule has 1 unspecified atom stereocenters. The Morgan fingerprint density at radius 3 is 2.92 bits per heavy atom. The Morgan fingerprint density at radius 1 is 1.36 bits per heavy atom. The second kappa shape index (κ2) is 6.44. The summed E-state index contributed by atoms with van der Waals surface area (Å²) in [5.74, 6) is -0.196. The topological polar surface area (TPSA) is 61.2 Å². The van der Waals surface area contributed by atoms with Gasteiger partial charge in [-0.1, -0.05) is 30.3 Å². The van der Waals surface area contributed by atoms with Crippen LogP contribution in [0.25, 0.3) is 21.3 Å². The van der Waals surface area contributed by atoms with Crippen molar-refractivity contribution in [2.75, 3.05) is 6.61 Å². The molecule has 25 heavy (non-hydrogen) atoms. The second-order valence-corrected chi connectivity index (χ2v) is 6.93. The van der Waals surface area contributed by atoms with Crippen LogP contribution >= 0.6 is 11.3 Å². The molecule has 2 aromatic heterocycles. The Morgan fingerprint density at radius 2 is 2.16 bits per heavy atom. The lowest BCUT2D eigenvalue weighted by Crippen LogP contribution is -2.33. The third-order valence-electron chi connectivity index (χ3n) is 4.57. The molecule has 3 heterocycles. The van der Waals surface area contributed by atoms with Crippen LogP contribution in [0, 0.1) is 0 Å². The lowest BCUT2D eigenvalue weighted by molar-refractivity contribution is -0.145. The van der Waals surface area contributed by atoms with E-state index in [9.17, 15) is 9.59 Å². The molecule has 0 spiro atoms. The summed E-state index contributed by atoms with van der Waals surface area (Å²) < 4.78 is 6.83. The normalized spacial score (nSPS) is 16.6. The van der Waals surface area contributed by atoms with Gasteiger partial charge in [-0.2, -0.15) is 0 Å². The van der Waals surface area contributed by atoms with Crippen molar-refractivity contribution in [3.05, 3.63) is 51.9 Å². The first kappa shape index (κ1) is 16.0. The van der Waals surface area contributed by atoms with Crippen molar-refractivity contribution >= 4 is 27.5 Å². The average molecular weight is 354 g/mol. The third-order valence-corrected chi connectivity index (χ3v) is 5.44. The maximum Gasteiger partial charge on any atom is 0.316 e. The summed E-state index contributed by atoms with van der Waals surface area (Å²) in [6, 6.07) is 9.85. The number of esters is 1. The molecule has 1 atom stereocenters. The van der Waals surface area contributed by atoms with E-state index >= 15 is 0 Å². The minimum Gasteiger partial charge on any atom is -0.465 e. The number of thiophene rings is 1. The van der Waals surface area contributed by atoms with Gasteiger partial charge in [0.1, 0.15) is 16.6 Å². The number of benzene rings is 1. The number of carbonyl (C=O) groups is 1. The van der Waals surface area contributed by atoms with E-state index in [4.69, 9.17) is 4.74 Å². The monoisotopic (exact) mass is 354 g/mol. The van der Waals surface area contributed by atoms with E-state index in [1.807, 2.05) is 35.7 Å². The van der Waals surface area contributed by atoms with Crippen LogP contribution < -0.4 is 5.56 Å². The van der Waals surface area contributed by atoms with Crippen molar-refractivity contribution in [2.24, 2.45) is 0 Å². The molecule has 3 aromatic rings. The molecule has 0 amide bonds. The first-order valence-corrected chi connectivity index (χ1v) is 9.32. The molecule has 0 saturated heterocycles. The van der Waals surface area contributed by atoms with Gasteiger partial charge in [0.15, 0.2) is 0 Å². The Kier molecular flexibility index (Phi) is 4.13. The van der Waals surface area contributed by atoms with E-state index in [2.05, 4.69) is 4.98 Å².